The van der Waals surface area contributed by atoms with E-state index in [1.807, 2.05) is 0 Å². The zero-order valence-electron chi connectivity index (χ0n) is 19.5. The summed E-state index contributed by atoms with van der Waals surface area (Å²) in [5.41, 5.74) is 21.2. The number of carbonyl (C=O) groups is 6. The maximum absolute atomic E-state index is 13.0. The molecule has 12 N–H and O–H groups in total. The summed E-state index contributed by atoms with van der Waals surface area (Å²) in [4.78, 5) is 71.6. The first kappa shape index (κ1) is 30.7. The molecule has 0 aliphatic carbocycles. The molecule has 14 heteroatoms. The molecule has 14 nitrogen and oxygen atoms in total. The highest BCUT2D eigenvalue weighted by molar-refractivity contribution is 5.95. The number of amides is 5. The normalized spacial score (nSPS) is 15.2. The van der Waals surface area contributed by atoms with Gasteiger partial charge >= 0.3 is 5.97 Å². The van der Waals surface area contributed by atoms with Gasteiger partial charge in [0.1, 0.15) is 18.1 Å². The van der Waals surface area contributed by atoms with Crippen LogP contribution < -0.4 is 38.9 Å². The molecule has 0 radical (unpaired) electrons. The van der Waals surface area contributed by atoms with Crippen molar-refractivity contribution in [1.82, 2.24) is 16.0 Å². The third kappa shape index (κ3) is 11.6. The molecule has 0 aromatic heterocycles. The number of unbranched alkanes of at least 4 members (excludes halogenated alkanes) is 1. The average molecular weight is 488 g/mol. The monoisotopic (exact) mass is 487 g/mol. The molecule has 194 valence electrons. The van der Waals surface area contributed by atoms with Crippen molar-refractivity contribution in [2.45, 2.75) is 76.5 Å². The second kappa shape index (κ2) is 15.6. The zero-order chi connectivity index (χ0) is 26.4. The van der Waals surface area contributed by atoms with Gasteiger partial charge in [-0.1, -0.05) is 20.3 Å². The van der Waals surface area contributed by atoms with Crippen LogP contribution >= 0.6 is 0 Å². The van der Waals surface area contributed by atoms with Gasteiger partial charge in [-0.25, -0.2) is 4.79 Å². The third-order valence-corrected chi connectivity index (χ3v) is 5.15. The third-order valence-electron chi connectivity index (χ3n) is 5.15. The van der Waals surface area contributed by atoms with Crippen LogP contribution in [-0.4, -0.2) is 71.3 Å². The van der Waals surface area contributed by atoms with Crippen LogP contribution in [0.15, 0.2) is 0 Å². The molecule has 0 aliphatic heterocycles. The largest absolute Gasteiger partial charge is 0.480 e. The molecular formula is C20H37N7O7. The van der Waals surface area contributed by atoms with E-state index < -0.39 is 72.5 Å². The summed E-state index contributed by atoms with van der Waals surface area (Å²) >= 11 is 0. The highest BCUT2D eigenvalue weighted by Crippen LogP contribution is 2.11. The first-order chi connectivity index (χ1) is 15.8. The fraction of sp³-hybridized carbons (Fsp3) is 0.700. The highest BCUT2D eigenvalue weighted by Gasteiger charge is 2.32. The van der Waals surface area contributed by atoms with Crippen LogP contribution in [0.5, 0.6) is 0 Å². The van der Waals surface area contributed by atoms with Crippen LogP contribution in [0.3, 0.4) is 0 Å². The van der Waals surface area contributed by atoms with E-state index in [1.54, 1.807) is 13.8 Å². The van der Waals surface area contributed by atoms with Crippen LogP contribution in [0.4, 0.5) is 0 Å². The molecule has 5 atom stereocenters. The SMILES string of the molecule is CCC(C)C(NC(=O)C(N)CC(N)=O)C(=O)NC(CCCCN)C(=O)NC(CC(N)=O)C(=O)O. The van der Waals surface area contributed by atoms with Gasteiger partial charge in [0.05, 0.1) is 18.9 Å². The van der Waals surface area contributed by atoms with Crippen molar-refractivity contribution in [3.63, 3.8) is 0 Å². The van der Waals surface area contributed by atoms with Crippen molar-refractivity contribution in [2.75, 3.05) is 6.54 Å². The second-order valence-corrected chi connectivity index (χ2v) is 8.06. The lowest BCUT2D eigenvalue weighted by atomic mass is 9.96. The number of nitrogens with two attached hydrogens (primary N) is 4. The predicted octanol–water partition coefficient (Wildman–Crippen LogP) is -3.22. The maximum atomic E-state index is 13.0. The fourth-order valence-corrected chi connectivity index (χ4v) is 2.97. The zero-order valence-corrected chi connectivity index (χ0v) is 19.5. The molecule has 0 fully saturated rings. The van der Waals surface area contributed by atoms with E-state index in [0.717, 1.165) is 0 Å². The van der Waals surface area contributed by atoms with Gasteiger partial charge in [0.15, 0.2) is 0 Å². The summed E-state index contributed by atoms with van der Waals surface area (Å²) in [7, 11) is 0. The predicted molar refractivity (Wildman–Crippen MR) is 121 cm³/mol. The summed E-state index contributed by atoms with van der Waals surface area (Å²) in [6.45, 7) is 3.82. The minimum atomic E-state index is -1.57. The van der Waals surface area contributed by atoms with E-state index in [-0.39, 0.29) is 12.3 Å². The Morgan fingerprint density at radius 2 is 1.38 bits per heavy atom. The molecule has 0 rings (SSSR count). The van der Waals surface area contributed by atoms with Gasteiger partial charge in [-0.15, -0.1) is 0 Å². The molecule has 0 aromatic carbocycles. The smallest absolute Gasteiger partial charge is 0.326 e. The number of primary amides is 2. The number of aliphatic carboxylic acids is 1. The Morgan fingerprint density at radius 1 is 0.824 bits per heavy atom. The van der Waals surface area contributed by atoms with Gasteiger partial charge in [0.25, 0.3) is 0 Å². The number of carboxylic acid groups (broad SMARTS) is 1. The molecule has 0 saturated carbocycles. The van der Waals surface area contributed by atoms with Crippen molar-refractivity contribution >= 4 is 35.5 Å². The lowest BCUT2D eigenvalue weighted by molar-refractivity contribution is -0.143. The Bertz CT molecular complexity index is 747. The van der Waals surface area contributed by atoms with E-state index in [9.17, 15) is 33.9 Å². The first-order valence-corrected chi connectivity index (χ1v) is 11.0. The van der Waals surface area contributed by atoms with Gasteiger partial charge < -0.3 is 44.0 Å². The van der Waals surface area contributed by atoms with Gasteiger partial charge in [-0.3, -0.25) is 24.0 Å². The standard InChI is InChI=1S/C20H37N7O7/c1-3-10(2)16(27-17(30)11(22)8-14(23)28)19(32)25-12(6-4-5-7-21)18(31)26-13(20(33)34)9-15(24)29/h10-13,16H,3-9,21-22H2,1-2H3,(H2,23,28)(H2,24,29)(H,25,32)(H,26,31)(H,27,30)(H,33,34). The summed E-state index contributed by atoms with van der Waals surface area (Å²) in [5, 5.41) is 16.4. The van der Waals surface area contributed by atoms with Gasteiger partial charge in [-0.05, 0) is 31.7 Å². The molecule has 0 aromatic rings. The first-order valence-electron chi connectivity index (χ1n) is 11.0. The lowest BCUT2D eigenvalue weighted by Crippen LogP contribution is -2.59. The Hall–Kier alpha value is -3.26. The Labute approximate surface area is 197 Å². The molecule has 34 heavy (non-hydrogen) atoms. The highest BCUT2D eigenvalue weighted by atomic mass is 16.4. The van der Waals surface area contributed by atoms with Gasteiger partial charge in [-0.2, -0.15) is 0 Å². The van der Waals surface area contributed by atoms with Gasteiger partial charge in [0, 0.05) is 0 Å². The van der Waals surface area contributed by atoms with Crippen LogP contribution in [0.2, 0.25) is 0 Å². The van der Waals surface area contributed by atoms with Crippen LogP contribution in [0.1, 0.15) is 52.4 Å². The van der Waals surface area contributed by atoms with Crippen molar-refractivity contribution < 1.29 is 33.9 Å². The van der Waals surface area contributed by atoms with Crippen molar-refractivity contribution in [3.8, 4) is 0 Å². The topological polar surface area (TPSA) is 263 Å². The number of carboxylic acids is 1. The number of hydrogen-bond donors (Lipinski definition) is 8. The number of nitrogens with one attached hydrogen (secondary N) is 3. The average Bonchev–Trinajstić information content (AvgIpc) is 2.74. The van der Waals surface area contributed by atoms with E-state index in [1.165, 1.54) is 0 Å². The molecule has 5 unspecified atom stereocenters. The van der Waals surface area contributed by atoms with Crippen molar-refractivity contribution in [1.29, 1.82) is 0 Å². The molecular weight excluding hydrogens is 450 g/mol. The fourth-order valence-electron chi connectivity index (χ4n) is 2.97. The minimum Gasteiger partial charge on any atom is -0.480 e. The van der Waals surface area contributed by atoms with Crippen LogP contribution in [0, 0.1) is 5.92 Å². The van der Waals surface area contributed by atoms with Crippen molar-refractivity contribution in [3.05, 3.63) is 0 Å². The van der Waals surface area contributed by atoms with E-state index in [4.69, 9.17) is 22.9 Å². The molecule has 5 amide bonds. The minimum absolute atomic E-state index is 0.125. The Kier molecular flexibility index (Phi) is 14.1. The van der Waals surface area contributed by atoms with Gasteiger partial charge in [0.2, 0.25) is 29.5 Å². The number of rotatable bonds is 17. The van der Waals surface area contributed by atoms with Crippen LogP contribution in [-0.2, 0) is 28.8 Å². The van der Waals surface area contributed by atoms with E-state index in [0.29, 0.717) is 25.8 Å². The number of carbonyl (C=O) groups excluding carboxylic acids is 5. The molecule has 0 heterocycles. The Balaban J connectivity index is 5.59. The lowest BCUT2D eigenvalue weighted by Gasteiger charge is -2.28. The quantitative estimate of drug-likeness (QED) is 0.0957. The molecule has 0 bridgehead atoms. The van der Waals surface area contributed by atoms with Crippen LogP contribution in [0.25, 0.3) is 0 Å². The maximum Gasteiger partial charge on any atom is 0.326 e. The summed E-state index contributed by atoms with van der Waals surface area (Å²) in [6, 6.07) is -5.10. The second-order valence-electron chi connectivity index (χ2n) is 8.06. The van der Waals surface area contributed by atoms with E-state index >= 15 is 0 Å². The molecule has 0 saturated heterocycles. The van der Waals surface area contributed by atoms with E-state index in [2.05, 4.69) is 16.0 Å². The summed E-state index contributed by atoms with van der Waals surface area (Å²) in [5.74, 6) is -5.86. The number of hydrogen-bond acceptors (Lipinski definition) is 8. The summed E-state index contributed by atoms with van der Waals surface area (Å²) in [6.07, 6.45) is 0.533. The molecule has 0 spiro atoms. The molecule has 0 aliphatic rings. The Morgan fingerprint density at radius 3 is 1.85 bits per heavy atom. The summed E-state index contributed by atoms with van der Waals surface area (Å²) < 4.78 is 0. The van der Waals surface area contributed by atoms with Crippen molar-refractivity contribution in [2.24, 2.45) is 28.9 Å².